The molecule has 0 aliphatic heterocycles. The summed E-state index contributed by atoms with van der Waals surface area (Å²) in [6.45, 7) is 9.86. The molecular weight excluding hydrogens is 538 g/mol. The molecule has 0 saturated heterocycles. The van der Waals surface area contributed by atoms with E-state index in [-0.39, 0.29) is 5.91 Å². The quantitative estimate of drug-likeness (QED) is 0.186. The number of amides is 1. The average Bonchev–Trinajstić information content (AvgIpc) is 3.48. The van der Waals surface area contributed by atoms with Crippen molar-refractivity contribution in [1.82, 2.24) is 24.8 Å². The molecule has 218 valence electrons. The van der Waals surface area contributed by atoms with Crippen LogP contribution in [0.3, 0.4) is 0 Å². The van der Waals surface area contributed by atoms with Crippen LogP contribution in [-0.2, 0) is 17.9 Å². The summed E-state index contributed by atoms with van der Waals surface area (Å²) in [7, 11) is 0. The molecule has 1 fully saturated rings. The fraction of sp³-hybridized carbons (Fsp3) is 0.333. The zero-order valence-electron chi connectivity index (χ0n) is 24.3. The monoisotopic (exact) mass is 573 g/mol. The van der Waals surface area contributed by atoms with Crippen LogP contribution in [0.25, 0.3) is 10.7 Å². The fourth-order valence-corrected chi connectivity index (χ4v) is 5.43. The van der Waals surface area contributed by atoms with Gasteiger partial charge < -0.3 is 16.0 Å². The Labute approximate surface area is 252 Å². The number of hydrogen-bond acceptors (Lipinski definition) is 7. The minimum Gasteiger partial charge on any atom is -0.358 e. The zero-order chi connectivity index (χ0) is 30.0. The second kappa shape index (κ2) is 14.1. The molecule has 1 amide bonds. The molecule has 1 saturated carbocycles. The van der Waals surface area contributed by atoms with E-state index in [1.54, 1.807) is 24.4 Å². The highest BCUT2D eigenvalue weighted by atomic mass is 16.2. The van der Waals surface area contributed by atoms with Crippen molar-refractivity contribution in [1.29, 1.82) is 5.26 Å². The number of anilines is 2. The van der Waals surface area contributed by atoms with Crippen molar-refractivity contribution in [2.75, 3.05) is 10.6 Å². The first-order valence-electron chi connectivity index (χ1n) is 14.6. The molecule has 0 unspecified atom stereocenters. The summed E-state index contributed by atoms with van der Waals surface area (Å²) in [5.41, 5.74) is 3.02. The maximum atomic E-state index is 13.6. The van der Waals surface area contributed by atoms with Gasteiger partial charge in [0.2, 0.25) is 11.9 Å². The van der Waals surface area contributed by atoms with Gasteiger partial charge in [-0.1, -0.05) is 68.5 Å². The normalized spacial score (nSPS) is 13.8. The van der Waals surface area contributed by atoms with Gasteiger partial charge in [-0.15, -0.1) is 0 Å². The zero-order valence-corrected chi connectivity index (χ0v) is 24.3. The van der Waals surface area contributed by atoms with Crippen LogP contribution in [0.5, 0.6) is 0 Å². The summed E-state index contributed by atoms with van der Waals surface area (Å²) in [6, 6.07) is 18.2. The third-order valence-electron chi connectivity index (χ3n) is 7.76. The fourth-order valence-electron chi connectivity index (χ4n) is 5.43. The van der Waals surface area contributed by atoms with Crippen LogP contribution in [0.15, 0.2) is 67.0 Å². The number of nitrogens with one attached hydrogen (secondary N) is 3. The number of aryl methyl sites for hydroxylation is 1. The highest BCUT2D eigenvalue weighted by Crippen LogP contribution is 2.29. The Kier molecular flexibility index (Phi) is 9.60. The number of carbonyl (C=O) groups excluding carboxylic acids is 1. The molecule has 1 aliphatic rings. The Morgan fingerprint density at radius 1 is 1.09 bits per heavy atom. The molecule has 0 bridgehead atoms. The molecule has 2 aromatic heterocycles. The van der Waals surface area contributed by atoms with Crippen LogP contribution in [0.4, 0.5) is 17.5 Å². The Morgan fingerprint density at radius 3 is 2.63 bits per heavy atom. The van der Waals surface area contributed by atoms with Crippen LogP contribution in [0.2, 0.25) is 0 Å². The largest absolute Gasteiger partial charge is 0.358 e. The van der Waals surface area contributed by atoms with Gasteiger partial charge in [-0.25, -0.2) is 9.83 Å². The predicted molar refractivity (Wildman–Crippen MR) is 166 cm³/mol. The van der Waals surface area contributed by atoms with Crippen LogP contribution in [0.1, 0.15) is 61.0 Å². The van der Waals surface area contributed by atoms with Gasteiger partial charge in [-0.05, 0) is 42.5 Å². The first-order chi connectivity index (χ1) is 21.0. The van der Waals surface area contributed by atoms with E-state index in [1.807, 2.05) is 54.1 Å². The molecule has 4 aromatic rings. The minimum atomic E-state index is -0.489. The van der Waals surface area contributed by atoms with Gasteiger partial charge in [-0.2, -0.15) is 15.2 Å². The second-order valence-corrected chi connectivity index (χ2v) is 10.9. The number of nitriles is 1. The summed E-state index contributed by atoms with van der Waals surface area (Å²) in [5.74, 6) is 2.69. The van der Waals surface area contributed by atoms with E-state index in [0.717, 1.165) is 29.8 Å². The van der Waals surface area contributed by atoms with E-state index in [4.69, 9.17) is 16.5 Å². The summed E-state index contributed by atoms with van der Waals surface area (Å²) in [4.78, 5) is 30.9. The molecule has 2 heterocycles. The van der Waals surface area contributed by atoms with E-state index in [0.29, 0.717) is 54.3 Å². The van der Waals surface area contributed by atoms with E-state index in [9.17, 15) is 10.1 Å². The highest BCUT2D eigenvalue weighted by molar-refractivity contribution is 5.84. The molecule has 3 N–H and O–H groups in total. The van der Waals surface area contributed by atoms with Crippen molar-refractivity contribution in [3.8, 4) is 11.9 Å². The number of imidazole rings is 1. The van der Waals surface area contributed by atoms with Gasteiger partial charge in [-0.3, -0.25) is 9.36 Å². The maximum Gasteiger partial charge on any atom is 0.242 e. The van der Waals surface area contributed by atoms with E-state index >= 15 is 0 Å². The molecule has 2 aromatic carbocycles. The topological polar surface area (TPSA) is 125 Å². The first kappa shape index (κ1) is 29.3. The lowest BCUT2D eigenvalue weighted by Gasteiger charge is -2.27. The lowest BCUT2D eigenvalue weighted by atomic mass is 9.84. The van der Waals surface area contributed by atoms with Gasteiger partial charge in [0.15, 0.2) is 5.69 Å². The number of benzene rings is 2. The molecule has 10 nitrogen and oxygen atoms in total. The highest BCUT2D eigenvalue weighted by Gasteiger charge is 2.25. The maximum absolute atomic E-state index is 13.6. The second-order valence-electron chi connectivity index (χ2n) is 10.9. The summed E-state index contributed by atoms with van der Waals surface area (Å²) in [5, 5.41) is 19.1. The summed E-state index contributed by atoms with van der Waals surface area (Å²) in [6.07, 6.45) is 10.1. The Morgan fingerprint density at radius 2 is 1.91 bits per heavy atom. The van der Waals surface area contributed by atoms with E-state index < -0.39 is 6.04 Å². The van der Waals surface area contributed by atoms with Gasteiger partial charge in [0.25, 0.3) is 0 Å². The van der Waals surface area contributed by atoms with Crippen LogP contribution < -0.4 is 16.0 Å². The summed E-state index contributed by atoms with van der Waals surface area (Å²) < 4.78 is 1.87. The molecule has 10 heteroatoms. The third-order valence-corrected chi connectivity index (χ3v) is 7.76. The number of rotatable bonds is 11. The van der Waals surface area contributed by atoms with Crippen molar-refractivity contribution in [2.45, 2.75) is 64.6 Å². The number of carbonyl (C=O) groups is 1. The van der Waals surface area contributed by atoms with Crippen LogP contribution in [-0.4, -0.2) is 31.5 Å². The molecule has 0 spiro atoms. The van der Waals surface area contributed by atoms with Gasteiger partial charge in [0, 0.05) is 31.5 Å². The van der Waals surface area contributed by atoms with E-state index in [2.05, 4.69) is 31.8 Å². The molecule has 0 radical (unpaired) electrons. The molecule has 1 atom stereocenters. The molecule has 43 heavy (non-hydrogen) atoms. The lowest BCUT2D eigenvalue weighted by Crippen LogP contribution is -2.41. The van der Waals surface area contributed by atoms with Crippen molar-refractivity contribution in [3.05, 3.63) is 101 Å². The Hall–Kier alpha value is -5.22. The SMILES string of the molecule is [C-]#[N+]c1ccc(CNC(=O)[C@@H](CC2CCCCC2)Nc2cc(-n3ccnc3C)nc(NCc3cccc(C#N)c3)n2)cc1. The number of hydrogen-bond donors (Lipinski definition) is 3. The molecular formula is C33H35N9O. The molecule has 1 aliphatic carbocycles. The Balaban J connectivity index is 1.38. The predicted octanol–water partition coefficient (Wildman–Crippen LogP) is 6.07. The summed E-state index contributed by atoms with van der Waals surface area (Å²) >= 11 is 0. The van der Waals surface area contributed by atoms with E-state index in [1.165, 1.54) is 19.3 Å². The lowest BCUT2D eigenvalue weighted by molar-refractivity contribution is -0.122. The standard InChI is InChI=1S/C33H35N9O/c1-23-36-15-16-42(23)31-19-30(40-33(41-31)38-22-27-10-6-9-26(17-27)20-34)39-29(18-24-7-4-3-5-8-24)32(43)37-21-25-11-13-28(35-2)14-12-25/h6,9-17,19,24,29H,3-5,7-8,18,21-22H2,1H3,(H,37,43)(H2,38,39,40,41)/t29-/m1/s1. The van der Waals surface area contributed by atoms with Crippen LogP contribution in [0, 0.1) is 30.7 Å². The average molecular weight is 574 g/mol. The molecule has 5 rings (SSSR count). The number of nitrogens with zero attached hydrogens (tertiary/aromatic N) is 6. The van der Waals surface area contributed by atoms with Crippen molar-refractivity contribution in [3.63, 3.8) is 0 Å². The van der Waals surface area contributed by atoms with Gasteiger partial charge in [0.1, 0.15) is 23.5 Å². The minimum absolute atomic E-state index is 0.0957. The van der Waals surface area contributed by atoms with Crippen LogP contribution >= 0.6 is 0 Å². The number of aromatic nitrogens is 4. The van der Waals surface area contributed by atoms with Crippen molar-refractivity contribution in [2.24, 2.45) is 5.92 Å². The smallest absolute Gasteiger partial charge is 0.242 e. The van der Waals surface area contributed by atoms with Gasteiger partial charge >= 0.3 is 0 Å². The third kappa shape index (κ3) is 7.96. The first-order valence-corrected chi connectivity index (χ1v) is 14.6. The Bertz CT molecular complexity index is 1630. The van der Waals surface area contributed by atoms with Crippen molar-refractivity contribution < 1.29 is 4.79 Å². The van der Waals surface area contributed by atoms with Crippen molar-refractivity contribution >= 4 is 23.4 Å². The van der Waals surface area contributed by atoms with Gasteiger partial charge in [0.05, 0.1) is 18.2 Å².